The first-order chi connectivity index (χ1) is 4.24. The van der Waals surface area contributed by atoms with Gasteiger partial charge in [-0.15, -0.1) is 0 Å². The smallest absolute Gasteiger partial charge is 0.181 e. The zero-order valence-electron chi connectivity index (χ0n) is 5.70. The Kier molecular flexibility index (Phi) is 2.05. The second-order valence-corrected chi connectivity index (χ2v) is 2.29. The molecule has 1 aliphatic rings. The fourth-order valence-electron chi connectivity index (χ4n) is 0.818. The third-order valence-corrected chi connectivity index (χ3v) is 1.54. The molecule has 1 heterocycles. The summed E-state index contributed by atoms with van der Waals surface area (Å²) in [6, 6.07) is 0. The molecule has 0 aromatic carbocycles. The van der Waals surface area contributed by atoms with Crippen LogP contribution in [0.5, 0.6) is 0 Å². The summed E-state index contributed by atoms with van der Waals surface area (Å²) in [6.07, 6.45) is -0.167. The zero-order chi connectivity index (χ0) is 6.85. The second kappa shape index (κ2) is 2.64. The summed E-state index contributed by atoms with van der Waals surface area (Å²) in [7, 11) is 0. The number of aliphatic hydroxyl groups is 1. The third-order valence-electron chi connectivity index (χ3n) is 1.54. The van der Waals surface area contributed by atoms with E-state index in [-0.39, 0.29) is 18.8 Å². The molecule has 0 saturated carbocycles. The Morgan fingerprint density at radius 2 is 1.67 bits per heavy atom. The first-order valence-corrected chi connectivity index (χ1v) is 3.16. The maximum atomic E-state index is 8.55. The van der Waals surface area contributed by atoms with Crippen LogP contribution in [0, 0.1) is 0 Å². The van der Waals surface area contributed by atoms with E-state index in [1.807, 2.05) is 13.8 Å². The fourth-order valence-corrected chi connectivity index (χ4v) is 0.818. The highest BCUT2D eigenvalue weighted by Crippen LogP contribution is 2.16. The Hall–Kier alpha value is -0.120. The van der Waals surface area contributed by atoms with Crippen molar-refractivity contribution in [3.8, 4) is 0 Å². The molecule has 54 valence electrons. The molecule has 0 aromatic heterocycles. The van der Waals surface area contributed by atoms with Crippen molar-refractivity contribution >= 4 is 0 Å². The van der Waals surface area contributed by atoms with Gasteiger partial charge in [-0.05, 0) is 13.8 Å². The van der Waals surface area contributed by atoms with E-state index in [1.54, 1.807) is 0 Å². The van der Waals surface area contributed by atoms with Crippen LogP contribution in [0.1, 0.15) is 13.8 Å². The van der Waals surface area contributed by atoms with E-state index < -0.39 is 6.29 Å². The van der Waals surface area contributed by atoms with E-state index >= 15 is 0 Å². The van der Waals surface area contributed by atoms with Crippen molar-refractivity contribution in [3.63, 3.8) is 0 Å². The summed E-state index contributed by atoms with van der Waals surface area (Å²) < 4.78 is 10.3. The van der Waals surface area contributed by atoms with E-state index in [0.717, 1.165) is 0 Å². The molecule has 3 nitrogen and oxygen atoms in total. The summed E-state index contributed by atoms with van der Waals surface area (Å²) in [4.78, 5) is 0. The minimum absolute atomic E-state index is 0.0469. The maximum Gasteiger partial charge on any atom is 0.181 e. The Morgan fingerprint density at radius 3 is 1.89 bits per heavy atom. The minimum Gasteiger partial charge on any atom is -0.391 e. The lowest BCUT2D eigenvalue weighted by atomic mass is 10.3. The molecule has 9 heavy (non-hydrogen) atoms. The van der Waals surface area contributed by atoms with Crippen molar-refractivity contribution in [2.24, 2.45) is 0 Å². The SMILES string of the molecule is C[C@@H]1OC(CO)O[C@@H]1C. The van der Waals surface area contributed by atoms with Crippen LogP contribution >= 0.6 is 0 Å². The van der Waals surface area contributed by atoms with Crippen LogP contribution in [0.15, 0.2) is 0 Å². The van der Waals surface area contributed by atoms with Crippen molar-refractivity contribution in [1.82, 2.24) is 0 Å². The highest BCUT2D eigenvalue weighted by Gasteiger charge is 2.28. The van der Waals surface area contributed by atoms with Gasteiger partial charge in [0.05, 0.1) is 18.8 Å². The van der Waals surface area contributed by atoms with Crippen LogP contribution in [-0.4, -0.2) is 30.2 Å². The molecule has 0 bridgehead atoms. The average Bonchev–Trinajstić information content (AvgIpc) is 2.13. The molecule has 1 unspecified atom stereocenters. The van der Waals surface area contributed by atoms with E-state index in [1.165, 1.54) is 0 Å². The van der Waals surface area contributed by atoms with E-state index in [0.29, 0.717) is 0 Å². The average molecular weight is 132 g/mol. The van der Waals surface area contributed by atoms with Crippen LogP contribution in [-0.2, 0) is 9.47 Å². The Morgan fingerprint density at radius 1 is 1.22 bits per heavy atom. The van der Waals surface area contributed by atoms with Gasteiger partial charge in [-0.3, -0.25) is 0 Å². The number of aliphatic hydroxyl groups excluding tert-OH is 1. The zero-order valence-corrected chi connectivity index (χ0v) is 5.70. The first kappa shape index (κ1) is 6.99. The van der Waals surface area contributed by atoms with Gasteiger partial charge < -0.3 is 14.6 Å². The Balaban J connectivity index is 2.35. The predicted molar refractivity (Wildman–Crippen MR) is 32.0 cm³/mol. The lowest BCUT2D eigenvalue weighted by Gasteiger charge is -2.02. The number of rotatable bonds is 1. The fraction of sp³-hybridized carbons (Fsp3) is 1.00. The van der Waals surface area contributed by atoms with Crippen molar-refractivity contribution in [2.75, 3.05) is 6.61 Å². The largest absolute Gasteiger partial charge is 0.391 e. The predicted octanol–water partition coefficient (Wildman–Crippen LogP) is 0.129. The monoisotopic (exact) mass is 132 g/mol. The summed E-state index contributed by atoms with van der Waals surface area (Å²) in [5, 5.41) is 8.55. The molecule has 3 atom stereocenters. The summed E-state index contributed by atoms with van der Waals surface area (Å²) in [6.45, 7) is 3.81. The molecule has 1 saturated heterocycles. The van der Waals surface area contributed by atoms with Gasteiger partial charge in [0.2, 0.25) is 0 Å². The number of hydrogen-bond donors (Lipinski definition) is 1. The van der Waals surface area contributed by atoms with Gasteiger partial charge in [0.15, 0.2) is 6.29 Å². The van der Waals surface area contributed by atoms with Crippen molar-refractivity contribution in [3.05, 3.63) is 0 Å². The van der Waals surface area contributed by atoms with Crippen LogP contribution in [0.2, 0.25) is 0 Å². The van der Waals surface area contributed by atoms with Crippen LogP contribution in [0.3, 0.4) is 0 Å². The van der Waals surface area contributed by atoms with Gasteiger partial charge in [-0.1, -0.05) is 0 Å². The topological polar surface area (TPSA) is 38.7 Å². The minimum atomic E-state index is -0.394. The maximum absolute atomic E-state index is 8.55. The van der Waals surface area contributed by atoms with E-state index in [9.17, 15) is 0 Å². The second-order valence-electron chi connectivity index (χ2n) is 2.29. The Labute approximate surface area is 54.6 Å². The molecular formula is C6H12O3. The lowest BCUT2D eigenvalue weighted by molar-refractivity contribution is -0.0921. The molecule has 3 heteroatoms. The highest BCUT2D eigenvalue weighted by atomic mass is 16.7. The van der Waals surface area contributed by atoms with Crippen LogP contribution in [0.25, 0.3) is 0 Å². The van der Waals surface area contributed by atoms with Crippen LogP contribution < -0.4 is 0 Å². The summed E-state index contributed by atoms with van der Waals surface area (Å²) in [5.74, 6) is 0. The lowest BCUT2D eigenvalue weighted by Crippen LogP contribution is -2.13. The van der Waals surface area contributed by atoms with E-state index in [4.69, 9.17) is 14.6 Å². The molecule has 0 spiro atoms. The van der Waals surface area contributed by atoms with Gasteiger partial charge in [0.1, 0.15) is 0 Å². The Bertz CT molecular complexity index is 84.3. The molecule has 0 aliphatic carbocycles. The van der Waals surface area contributed by atoms with Gasteiger partial charge >= 0.3 is 0 Å². The van der Waals surface area contributed by atoms with Gasteiger partial charge in [-0.2, -0.15) is 0 Å². The van der Waals surface area contributed by atoms with Gasteiger partial charge in [0, 0.05) is 0 Å². The molecule has 0 aromatic rings. The number of ether oxygens (including phenoxy) is 2. The molecular weight excluding hydrogens is 120 g/mol. The normalized spacial score (nSPS) is 43.7. The molecule has 0 amide bonds. The van der Waals surface area contributed by atoms with Crippen molar-refractivity contribution in [2.45, 2.75) is 32.3 Å². The van der Waals surface area contributed by atoms with E-state index in [2.05, 4.69) is 0 Å². The quantitative estimate of drug-likeness (QED) is 0.551. The highest BCUT2D eigenvalue weighted by molar-refractivity contribution is 4.68. The molecule has 0 radical (unpaired) electrons. The summed E-state index contributed by atoms with van der Waals surface area (Å²) in [5.41, 5.74) is 0. The molecule has 1 aliphatic heterocycles. The van der Waals surface area contributed by atoms with Crippen molar-refractivity contribution in [1.29, 1.82) is 0 Å². The summed E-state index contributed by atoms with van der Waals surface area (Å²) >= 11 is 0. The molecule has 1 N–H and O–H groups in total. The van der Waals surface area contributed by atoms with Gasteiger partial charge in [-0.25, -0.2) is 0 Å². The third kappa shape index (κ3) is 1.41. The van der Waals surface area contributed by atoms with Gasteiger partial charge in [0.25, 0.3) is 0 Å². The standard InChI is InChI=1S/C6H12O3/c1-4-5(2)9-6(3-7)8-4/h4-7H,3H2,1-2H3/t4-,5+,6?. The number of hydrogen-bond acceptors (Lipinski definition) is 3. The van der Waals surface area contributed by atoms with Crippen molar-refractivity contribution < 1.29 is 14.6 Å². The first-order valence-electron chi connectivity index (χ1n) is 3.16. The molecule has 1 fully saturated rings. The van der Waals surface area contributed by atoms with Crippen LogP contribution in [0.4, 0.5) is 0 Å². The molecule has 1 rings (SSSR count).